The van der Waals surface area contributed by atoms with Crippen molar-refractivity contribution in [1.29, 1.82) is 0 Å². The molecule has 8 aromatic rings. The Morgan fingerprint density at radius 1 is 0.551 bits per heavy atom. The maximum atomic E-state index is 6.61. The summed E-state index contributed by atoms with van der Waals surface area (Å²) < 4.78 is 2.38. The molecule has 0 saturated carbocycles. The van der Waals surface area contributed by atoms with E-state index >= 15 is 0 Å². The molecule has 0 saturated heterocycles. The lowest BCUT2D eigenvalue weighted by molar-refractivity contribution is 0.646. The zero-order chi connectivity index (χ0) is 33.8. The quantitative estimate of drug-likeness (QED) is 0.254. The third kappa shape index (κ3) is 4.05. The largest absolute Gasteiger partial charge is 0.307 e. The van der Waals surface area contributed by atoms with Gasteiger partial charge in [-0.3, -0.25) is 4.98 Å². The first kappa shape index (κ1) is 30.0. The van der Waals surface area contributed by atoms with Crippen LogP contribution in [0.25, 0.3) is 71.6 Å². The summed E-state index contributed by atoms with van der Waals surface area (Å²) >= 11 is 0. The minimum absolute atomic E-state index is 0.205. The van der Waals surface area contributed by atoms with Crippen molar-refractivity contribution in [3.05, 3.63) is 127 Å². The molecule has 2 nitrogen and oxygen atoms in total. The van der Waals surface area contributed by atoms with E-state index < -0.39 is 5.41 Å². The normalized spacial score (nSPS) is 13.3. The van der Waals surface area contributed by atoms with Gasteiger partial charge in [-0.15, -0.1) is 16.4 Å². The number of nitrogens with zero attached hydrogens (tertiary/aromatic N) is 2. The lowest BCUT2D eigenvalue weighted by Gasteiger charge is -2.29. The molecular formula is C42H25B5N2. The first-order valence-corrected chi connectivity index (χ1v) is 16.3. The highest BCUT2D eigenvalue weighted by Crippen LogP contribution is 2.55. The molecule has 10 radical (unpaired) electrons. The standard InChI is InChI=1S/C42H25B5N2/c1-42(2)29-15-7-5-13-26(29)35-33(27-18-17-22(20-30(27)42)32-36(43)38(45)40(47)39(46)37(32)44)24-11-3-4-12-25(24)34-28-14-6-8-16-31(28)49(41(34)35)23-10-9-19-48-21-23/h3-21H,1-2H3. The summed E-state index contributed by atoms with van der Waals surface area (Å²) in [6, 6.07) is 36.8. The predicted molar refractivity (Wildman–Crippen MR) is 211 cm³/mol. The summed E-state index contributed by atoms with van der Waals surface area (Å²) in [6.07, 6.45) is 3.76. The number of pyridine rings is 1. The topological polar surface area (TPSA) is 17.8 Å². The monoisotopic (exact) mass is 612 g/mol. The van der Waals surface area contributed by atoms with Crippen LogP contribution in [0.2, 0.25) is 0 Å². The van der Waals surface area contributed by atoms with Crippen LogP contribution in [-0.2, 0) is 5.41 Å². The summed E-state index contributed by atoms with van der Waals surface area (Å²) in [5.41, 5.74) is 12.6. The number of hydrogen-bond donors (Lipinski definition) is 0. The van der Waals surface area contributed by atoms with Crippen molar-refractivity contribution < 1.29 is 0 Å². The fourth-order valence-electron chi connectivity index (χ4n) is 8.20. The van der Waals surface area contributed by atoms with Crippen LogP contribution in [0.4, 0.5) is 0 Å². The summed E-state index contributed by atoms with van der Waals surface area (Å²) in [4.78, 5) is 4.55. The Bertz CT molecular complexity index is 2660. The smallest absolute Gasteiger partial charge is 0.113 e. The average Bonchev–Trinajstić information content (AvgIpc) is 3.44. The molecule has 6 aromatic carbocycles. The zero-order valence-electron chi connectivity index (χ0n) is 27.3. The second-order valence-electron chi connectivity index (χ2n) is 13.5. The van der Waals surface area contributed by atoms with Gasteiger partial charge in [-0.25, -0.2) is 0 Å². The molecule has 0 bridgehead atoms. The highest BCUT2D eigenvalue weighted by Gasteiger charge is 2.36. The number of hydrogen-bond acceptors (Lipinski definition) is 1. The van der Waals surface area contributed by atoms with Crippen LogP contribution < -0.4 is 27.3 Å². The maximum absolute atomic E-state index is 6.61. The van der Waals surface area contributed by atoms with Gasteiger partial charge in [0.05, 0.1) is 22.9 Å². The molecule has 0 atom stereocenters. The van der Waals surface area contributed by atoms with Gasteiger partial charge in [0.25, 0.3) is 0 Å². The van der Waals surface area contributed by atoms with Gasteiger partial charge in [0, 0.05) is 27.9 Å². The Hall–Kier alpha value is -5.15. The first-order chi connectivity index (χ1) is 23.7. The molecule has 2 aromatic heterocycles. The molecule has 0 amide bonds. The number of benzene rings is 6. The lowest BCUT2D eigenvalue weighted by Crippen LogP contribution is -2.55. The lowest BCUT2D eigenvalue weighted by atomic mass is 9.59. The van der Waals surface area contributed by atoms with Gasteiger partial charge in [0.1, 0.15) is 39.2 Å². The molecule has 218 valence electrons. The van der Waals surface area contributed by atoms with Crippen LogP contribution in [0.5, 0.6) is 0 Å². The maximum Gasteiger partial charge on any atom is 0.113 e. The van der Waals surface area contributed by atoms with E-state index in [9.17, 15) is 0 Å². The van der Waals surface area contributed by atoms with E-state index in [-0.39, 0.29) is 16.4 Å². The zero-order valence-corrected chi connectivity index (χ0v) is 27.3. The molecule has 0 aliphatic heterocycles. The second-order valence-corrected chi connectivity index (χ2v) is 13.5. The fourth-order valence-corrected chi connectivity index (χ4v) is 8.20. The van der Waals surface area contributed by atoms with Gasteiger partial charge in [-0.2, -0.15) is 0 Å². The molecule has 0 N–H and O–H groups in total. The van der Waals surface area contributed by atoms with Crippen LogP contribution in [0, 0.1) is 0 Å². The second kappa shape index (κ2) is 10.7. The molecule has 7 heteroatoms. The van der Waals surface area contributed by atoms with Crippen LogP contribution >= 0.6 is 0 Å². The minimum atomic E-state index is -0.437. The summed E-state index contributed by atoms with van der Waals surface area (Å²) in [5.74, 6) is 0. The fraction of sp³-hybridized carbons (Fsp3) is 0.0714. The Morgan fingerprint density at radius 3 is 1.92 bits per heavy atom. The van der Waals surface area contributed by atoms with E-state index in [1.807, 2.05) is 18.5 Å². The minimum Gasteiger partial charge on any atom is -0.307 e. The number of fused-ring (bicyclic) bond motifs is 12. The molecule has 9 rings (SSSR count). The van der Waals surface area contributed by atoms with E-state index in [1.165, 1.54) is 43.8 Å². The van der Waals surface area contributed by atoms with Crippen LogP contribution in [0.15, 0.2) is 116 Å². The highest BCUT2D eigenvalue weighted by atomic mass is 15.0. The van der Waals surface area contributed by atoms with Crippen molar-refractivity contribution in [2.45, 2.75) is 19.3 Å². The van der Waals surface area contributed by atoms with Gasteiger partial charge >= 0.3 is 0 Å². The molecule has 49 heavy (non-hydrogen) atoms. The summed E-state index contributed by atoms with van der Waals surface area (Å²) in [6.45, 7) is 4.57. The van der Waals surface area contributed by atoms with Crippen molar-refractivity contribution in [2.24, 2.45) is 0 Å². The van der Waals surface area contributed by atoms with E-state index in [4.69, 9.17) is 39.2 Å². The van der Waals surface area contributed by atoms with Crippen LogP contribution in [-0.4, -0.2) is 48.8 Å². The molecule has 2 heterocycles. The third-order valence-electron chi connectivity index (χ3n) is 10.6. The number of rotatable bonds is 2. The van der Waals surface area contributed by atoms with E-state index in [2.05, 4.69) is 120 Å². The number of aromatic nitrogens is 2. The number of para-hydroxylation sites is 1. The van der Waals surface area contributed by atoms with Gasteiger partial charge in [-0.1, -0.05) is 104 Å². The van der Waals surface area contributed by atoms with Gasteiger partial charge in [0.15, 0.2) is 0 Å². The van der Waals surface area contributed by atoms with Gasteiger partial charge in [0.2, 0.25) is 0 Å². The average molecular weight is 612 g/mol. The summed E-state index contributed by atoms with van der Waals surface area (Å²) in [7, 11) is 32.1. The van der Waals surface area contributed by atoms with Gasteiger partial charge < -0.3 is 4.57 Å². The van der Waals surface area contributed by atoms with Crippen molar-refractivity contribution in [3.63, 3.8) is 0 Å². The molecule has 0 spiro atoms. The molecule has 0 fully saturated rings. The van der Waals surface area contributed by atoms with Crippen molar-refractivity contribution in [2.75, 3.05) is 0 Å². The Kier molecular flexibility index (Phi) is 6.53. The molecular weight excluding hydrogens is 587 g/mol. The van der Waals surface area contributed by atoms with Crippen molar-refractivity contribution in [3.8, 4) is 39.1 Å². The van der Waals surface area contributed by atoms with E-state index in [1.54, 1.807) is 0 Å². The Labute approximate surface area is 292 Å². The molecule has 1 aliphatic carbocycles. The van der Waals surface area contributed by atoms with Crippen LogP contribution in [0.3, 0.4) is 0 Å². The van der Waals surface area contributed by atoms with Crippen molar-refractivity contribution >= 4 is 99.1 Å². The Balaban J connectivity index is 1.52. The van der Waals surface area contributed by atoms with Gasteiger partial charge in [-0.05, 0) is 74.0 Å². The Morgan fingerprint density at radius 2 is 1.18 bits per heavy atom. The summed E-state index contributed by atoms with van der Waals surface area (Å²) in [5, 5.41) is 4.78. The molecule has 1 aliphatic rings. The van der Waals surface area contributed by atoms with Crippen molar-refractivity contribution in [1.82, 2.24) is 9.55 Å². The SMILES string of the molecule is [B]c1c([B])c([B])c(-c2ccc3c(c2)C(C)(C)c2ccccc2-c2c-3c3ccccc3c3c4ccccc4n(-c4cccnc4)c23)c([B])c1[B]. The highest BCUT2D eigenvalue weighted by molar-refractivity contribution is 6.68. The van der Waals surface area contributed by atoms with E-state index in [0.717, 1.165) is 33.4 Å². The predicted octanol–water partition coefficient (Wildman–Crippen LogP) is 4.94. The van der Waals surface area contributed by atoms with Crippen LogP contribution in [0.1, 0.15) is 25.0 Å². The first-order valence-electron chi connectivity index (χ1n) is 16.3. The third-order valence-corrected chi connectivity index (χ3v) is 10.6. The van der Waals surface area contributed by atoms with E-state index in [0.29, 0.717) is 16.5 Å². The molecule has 0 unspecified atom stereocenters.